The maximum atomic E-state index is 12.7. The fraction of sp³-hybridized carbons (Fsp3) is 0.639. The Hall–Kier alpha value is -3.59. The number of carbonyl (C=O) groups is 2. The molecule has 71 heavy (non-hydrogen) atoms. The molecule has 0 fully saturated rings. The van der Waals surface area contributed by atoms with E-state index < -0.39 is 32.5 Å². The second kappa shape index (κ2) is 55.7. The molecule has 2 atom stereocenters. The van der Waals surface area contributed by atoms with E-state index in [0.29, 0.717) is 6.42 Å². The second-order valence-corrected chi connectivity index (χ2v) is 19.5. The Morgan fingerprint density at radius 3 is 1.15 bits per heavy atom. The maximum absolute atomic E-state index is 12.7. The number of phosphoric ester groups is 1. The normalized spacial score (nSPS) is 14.0. The van der Waals surface area contributed by atoms with Crippen molar-refractivity contribution in [3.8, 4) is 0 Å². The number of nitrogens with two attached hydrogens (primary N) is 1. The van der Waals surface area contributed by atoms with Crippen LogP contribution in [0.3, 0.4) is 0 Å². The lowest BCUT2D eigenvalue weighted by Crippen LogP contribution is -2.29. The van der Waals surface area contributed by atoms with E-state index in [1.54, 1.807) is 0 Å². The fourth-order valence-corrected chi connectivity index (χ4v) is 7.98. The molecule has 0 rings (SSSR count). The van der Waals surface area contributed by atoms with Gasteiger partial charge in [0.25, 0.3) is 0 Å². The minimum absolute atomic E-state index is 0.0415. The van der Waals surface area contributed by atoms with Crippen molar-refractivity contribution in [2.24, 2.45) is 5.73 Å². The molecule has 0 saturated heterocycles. The lowest BCUT2D eigenvalue weighted by atomic mass is 10.1. The Labute approximate surface area is 434 Å². The molecular formula is C61H102NO8P. The summed E-state index contributed by atoms with van der Waals surface area (Å²) in [6.45, 7) is 3.57. The summed E-state index contributed by atoms with van der Waals surface area (Å²) in [7, 11) is -4.40. The first-order valence-electron chi connectivity index (χ1n) is 28.0. The molecule has 2 unspecified atom stereocenters. The number of phosphoric acid groups is 1. The summed E-state index contributed by atoms with van der Waals surface area (Å²) >= 11 is 0. The molecule has 0 radical (unpaired) electrons. The van der Waals surface area contributed by atoms with Gasteiger partial charge in [0.15, 0.2) is 6.10 Å². The van der Waals surface area contributed by atoms with E-state index in [1.807, 2.05) is 0 Å². The van der Waals surface area contributed by atoms with Crippen LogP contribution in [0.4, 0.5) is 0 Å². The molecule has 0 aliphatic heterocycles. The average Bonchev–Trinajstić information content (AvgIpc) is 3.36. The van der Waals surface area contributed by atoms with E-state index in [1.165, 1.54) is 70.6 Å². The van der Waals surface area contributed by atoms with E-state index in [4.69, 9.17) is 24.3 Å². The van der Waals surface area contributed by atoms with Gasteiger partial charge in [-0.1, -0.05) is 219 Å². The number of esters is 2. The molecule has 0 aromatic heterocycles. The summed E-state index contributed by atoms with van der Waals surface area (Å²) < 4.78 is 33.0. The van der Waals surface area contributed by atoms with Crippen LogP contribution in [0, 0.1) is 0 Å². The highest BCUT2D eigenvalue weighted by Gasteiger charge is 2.26. The Balaban J connectivity index is 4.12. The average molecular weight is 1010 g/mol. The molecule has 0 aromatic carbocycles. The third kappa shape index (κ3) is 55.6. The van der Waals surface area contributed by atoms with Crippen LogP contribution in [-0.2, 0) is 32.7 Å². The largest absolute Gasteiger partial charge is 0.472 e. The van der Waals surface area contributed by atoms with Gasteiger partial charge in [0, 0.05) is 19.4 Å². The van der Waals surface area contributed by atoms with Gasteiger partial charge in [0.2, 0.25) is 0 Å². The zero-order valence-corrected chi connectivity index (χ0v) is 45.8. The Kier molecular flexibility index (Phi) is 52.9. The van der Waals surface area contributed by atoms with Gasteiger partial charge in [-0.3, -0.25) is 18.6 Å². The van der Waals surface area contributed by atoms with Crippen LogP contribution < -0.4 is 5.73 Å². The summed E-state index contributed by atoms with van der Waals surface area (Å²) in [4.78, 5) is 35.2. The van der Waals surface area contributed by atoms with Gasteiger partial charge in [-0.2, -0.15) is 0 Å². The molecule has 10 heteroatoms. The summed E-state index contributed by atoms with van der Waals surface area (Å²) in [5.74, 6) is -0.869. The molecule has 404 valence electrons. The molecular weight excluding hydrogens is 906 g/mol. The minimum atomic E-state index is -4.40. The molecule has 3 N–H and O–H groups in total. The first-order valence-corrected chi connectivity index (χ1v) is 29.5. The van der Waals surface area contributed by atoms with Gasteiger partial charge >= 0.3 is 19.8 Å². The second-order valence-electron chi connectivity index (χ2n) is 18.1. The number of hydrogen-bond acceptors (Lipinski definition) is 8. The monoisotopic (exact) mass is 1010 g/mol. The number of carbonyl (C=O) groups excluding carboxylic acids is 2. The Morgan fingerprint density at radius 1 is 0.437 bits per heavy atom. The Morgan fingerprint density at radius 2 is 0.775 bits per heavy atom. The number of ether oxygens (including phenoxy) is 2. The molecule has 9 nitrogen and oxygen atoms in total. The minimum Gasteiger partial charge on any atom is -0.462 e. The lowest BCUT2D eigenvalue weighted by Gasteiger charge is -2.19. The first kappa shape index (κ1) is 67.4. The van der Waals surface area contributed by atoms with Gasteiger partial charge in [0.1, 0.15) is 6.61 Å². The summed E-state index contributed by atoms with van der Waals surface area (Å²) in [6, 6.07) is 0. The lowest BCUT2D eigenvalue weighted by molar-refractivity contribution is -0.161. The van der Waals surface area contributed by atoms with Crippen LogP contribution >= 0.6 is 7.82 Å². The smallest absolute Gasteiger partial charge is 0.462 e. The van der Waals surface area contributed by atoms with Gasteiger partial charge in [0.05, 0.1) is 13.2 Å². The van der Waals surface area contributed by atoms with Crippen molar-refractivity contribution < 1.29 is 37.6 Å². The van der Waals surface area contributed by atoms with Gasteiger partial charge < -0.3 is 20.1 Å². The highest BCUT2D eigenvalue weighted by molar-refractivity contribution is 7.47. The number of hydrogen-bond donors (Lipinski definition) is 2. The van der Waals surface area contributed by atoms with Crippen LogP contribution in [0.1, 0.15) is 219 Å². The molecule has 0 amide bonds. The van der Waals surface area contributed by atoms with Crippen molar-refractivity contribution in [3.63, 3.8) is 0 Å². The predicted molar refractivity (Wildman–Crippen MR) is 302 cm³/mol. The zero-order chi connectivity index (χ0) is 51.7. The standard InChI is InChI=1S/C61H102NO8P/c1-3-5-7-9-11-13-15-17-19-21-23-25-26-27-28-29-30-31-32-34-36-38-40-42-44-46-48-50-52-54-61(64)70-59(58-69-71(65,66)68-56-55-62)57-67-60(63)53-51-49-47-45-43-41-39-37-35-33-24-22-20-18-16-14-12-10-8-6-4-2/h5,7,11,13,16-19,22-25,27-28,30-31,34,36,40,42,59H,3-4,6,8-10,12,14-15,20-21,26,29,32-33,35,37-39,41,43-58,62H2,1-2H3,(H,65,66)/b7-5-,13-11-,18-16-,19-17-,24-22-,25-23-,28-27-,31-30-,36-34-,42-40-. The highest BCUT2D eigenvalue weighted by atomic mass is 31.2. The fourth-order valence-electron chi connectivity index (χ4n) is 7.21. The molecule has 0 aliphatic carbocycles. The third-order valence-electron chi connectivity index (χ3n) is 11.3. The van der Waals surface area contributed by atoms with Crippen molar-refractivity contribution in [2.45, 2.75) is 225 Å². The van der Waals surface area contributed by atoms with E-state index in [0.717, 1.165) is 116 Å². The highest BCUT2D eigenvalue weighted by Crippen LogP contribution is 2.43. The first-order chi connectivity index (χ1) is 34.8. The predicted octanol–water partition coefficient (Wildman–Crippen LogP) is 17.6. The molecule has 0 aromatic rings. The number of rotatable bonds is 51. The molecule has 0 bridgehead atoms. The van der Waals surface area contributed by atoms with Crippen LogP contribution in [0.15, 0.2) is 122 Å². The van der Waals surface area contributed by atoms with Crippen LogP contribution in [0.25, 0.3) is 0 Å². The van der Waals surface area contributed by atoms with Gasteiger partial charge in [-0.05, 0) is 109 Å². The quantitative estimate of drug-likeness (QED) is 0.0264. The van der Waals surface area contributed by atoms with Crippen molar-refractivity contribution in [1.29, 1.82) is 0 Å². The third-order valence-corrected chi connectivity index (χ3v) is 12.3. The summed E-state index contributed by atoms with van der Waals surface area (Å²) in [5, 5.41) is 0. The molecule has 0 heterocycles. The zero-order valence-electron chi connectivity index (χ0n) is 44.9. The van der Waals surface area contributed by atoms with Crippen molar-refractivity contribution >= 4 is 19.8 Å². The van der Waals surface area contributed by atoms with E-state index in [-0.39, 0.29) is 32.6 Å². The van der Waals surface area contributed by atoms with Crippen LogP contribution in [0.2, 0.25) is 0 Å². The van der Waals surface area contributed by atoms with E-state index in [2.05, 4.69) is 135 Å². The van der Waals surface area contributed by atoms with Crippen molar-refractivity contribution in [3.05, 3.63) is 122 Å². The topological polar surface area (TPSA) is 134 Å². The van der Waals surface area contributed by atoms with Crippen LogP contribution in [-0.4, -0.2) is 49.3 Å². The van der Waals surface area contributed by atoms with Gasteiger partial charge in [-0.25, -0.2) is 4.57 Å². The molecule has 0 saturated carbocycles. The van der Waals surface area contributed by atoms with Crippen molar-refractivity contribution in [2.75, 3.05) is 26.4 Å². The Bertz CT molecular complexity index is 1570. The summed E-state index contributed by atoms with van der Waals surface area (Å²) in [6.07, 6.45) is 76.7. The van der Waals surface area contributed by atoms with Gasteiger partial charge in [-0.15, -0.1) is 0 Å². The molecule has 0 spiro atoms. The van der Waals surface area contributed by atoms with E-state index >= 15 is 0 Å². The summed E-state index contributed by atoms with van der Waals surface area (Å²) in [5.41, 5.74) is 5.37. The maximum Gasteiger partial charge on any atom is 0.472 e. The molecule has 0 aliphatic rings. The van der Waals surface area contributed by atoms with Crippen molar-refractivity contribution in [1.82, 2.24) is 0 Å². The number of allylic oxidation sites excluding steroid dienone is 20. The number of unbranched alkanes of at least 4 members (excludes halogenated alkanes) is 18. The SMILES string of the molecule is CC/C=C\C/C=C\C/C=C\C/C=C\C/C=C\C/C=C\C/C=C\C/C=C\CCCCCCC(=O)OC(COC(=O)CCCCCCCCCCC/C=C\C/C=C\CCCCCCC)COP(=O)(O)OCCN. The van der Waals surface area contributed by atoms with Crippen LogP contribution in [0.5, 0.6) is 0 Å². The van der Waals surface area contributed by atoms with E-state index in [9.17, 15) is 19.0 Å².